The van der Waals surface area contributed by atoms with E-state index in [-0.39, 0.29) is 5.91 Å². The van der Waals surface area contributed by atoms with Gasteiger partial charge in [0.1, 0.15) is 5.54 Å². The molecule has 1 aliphatic carbocycles. The summed E-state index contributed by atoms with van der Waals surface area (Å²) in [5.41, 5.74) is 1.76. The molecule has 0 bridgehead atoms. The van der Waals surface area contributed by atoms with Gasteiger partial charge in [0.2, 0.25) is 0 Å². The van der Waals surface area contributed by atoms with Gasteiger partial charge in [-0.3, -0.25) is 9.69 Å². The first kappa shape index (κ1) is 15.3. The molecule has 1 aliphatic heterocycles. The Morgan fingerprint density at radius 2 is 1.62 bits per heavy atom. The minimum atomic E-state index is -0.515. The van der Waals surface area contributed by atoms with Gasteiger partial charge in [0.25, 0.3) is 5.91 Å². The Hall–Kier alpha value is -3.02. The van der Waals surface area contributed by atoms with Gasteiger partial charge in [-0.2, -0.15) is 4.68 Å². The van der Waals surface area contributed by atoms with Gasteiger partial charge in [-0.15, -0.1) is 5.10 Å². The summed E-state index contributed by atoms with van der Waals surface area (Å²) in [6, 6.07) is 17.5. The van der Waals surface area contributed by atoms with Crippen LogP contribution in [0.2, 0.25) is 0 Å². The maximum absolute atomic E-state index is 13.7. The summed E-state index contributed by atoms with van der Waals surface area (Å²) in [6.07, 6.45) is 5.01. The molecule has 6 nitrogen and oxygen atoms in total. The molecule has 1 aromatic heterocycles. The van der Waals surface area contributed by atoms with Gasteiger partial charge in [-0.1, -0.05) is 49.6 Å². The molecule has 2 aromatic carbocycles. The molecule has 26 heavy (non-hydrogen) atoms. The predicted octanol–water partition coefficient (Wildman–Crippen LogP) is 3.48. The smallest absolute Gasteiger partial charge is 0.261 e. The highest BCUT2D eigenvalue weighted by Gasteiger charge is 2.49. The highest BCUT2D eigenvalue weighted by atomic mass is 16.2. The molecule has 0 N–H and O–H groups in total. The van der Waals surface area contributed by atoms with Gasteiger partial charge in [0.05, 0.1) is 11.3 Å². The van der Waals surface area contributed by atoms with E-state index in [0.717, 1.165) is 42.9 Å². The number of anilines is 1. The lowest BCUT2D eigenvalue weighted by molar-refractivity contribution is 0.0934. The normalized spacial score (nSPS) is 18.3. The Bertz CT molecular complexity index is 959. The third-order valence-corrected chi connectivity index (χ3v) is 5.57. The summed E-state index contributed by atoms with van der Waals surface area (Å²) >= 11 is 0. The van der Waals surface area contributed by atoms with Crippen LogP contribution in [-0.4, -0.2) is 26.1 Å². The molecule has 1 fully saturated rings. The lowest BCUT2D eigenvalue weighted by Gasteiger charge is -2.44. The Balaban J connectivity index is 1.84. The number of carbonyl (C=O) groups excluding carboxylic acids is 1. The van der Waals surface area contributed by atoms with Crippen molar-refractivity contribution in [2.75, 3.05) is 4.90 Å². The summed E-state index contributed by atoms with van der Waals surface area (Å²) in [4.78, 5) is 15.7. The highest BCUT2D eigenvalue weighted by Crippen LogP contribution is 2.46. The van der Waals surface area contributed by atoms with E-state index in [1.54, 1.807) is 4.68 Å². The van der Waals surface area contributed by atoms with E-state index in [0.29, 0.717) is 5.56 Å². The summed E-state index contributed by atoms with van der Waals surface area (Å²) in [7, 11) is 0. The number of nitrogens with zero attached hydrogens (tertiary/aromatic N) is 5. The van der Waals surface area contributed by atoms with E-state index in [1.165, 1.54) is 6.42 Å². The van der Waals surface area contributed by atoms with Crippen molar-refractivity contribution in [2.24, 2.45) is 0 Å². The second-order valence-electron chi connectivity index (χ2n) is 7.00. The third-order valence-electron chi connectivity index (χ3n) is 5.57. The molecule has 1 saturated carbocycles. The van der Waals surface area contributed by atoms with Crippen molar-refractivity contribution >= 4 is 11.6 Å². The lowest BCUT2D eigenvalue weighted by atomic mass is 9.79. The van der Waals surface area contributed by atoms with Crippen LogP contribution in [0.5, 0.6) is 0 Å². The quantitative estimate of drug-likeness (QED) is 0.677. The van der Waals surface area contributed by atoms with Gasteiger partial charge in [0.15, 0.2) is 5.82 Å². The van der Waals surface area contributed by atoms with Crippen molar-refractivity contribution in [1.29, 1.82) is 0 Å². The topological polar surface area (TPSA) is 63.9 Å². The van der Waals surface area contributed by atoms with Gasteiger partial charge in [-0.25, -0.2) is 0 Å². The van der Waals surface area contributed by atoms with Crippen molar-refractivity contribution in [2.45, 2.75) is 37.6 Å². The van der Waals surface area contributed by atoms with Crippen LogP contribution in [0.25, 0.3) is 5.69 Å². The Labute approximate surface area is 151 Å². The zero-order chi connectivity index (χ0) is 17.6. The van der Waals surface area contributed by atoms with E-state index in [4.69, 9.17) is 0 Å². The molecule has 0 radical (unpaired) electrons. The maximum Gasteiger partial charge on any atom is 0.261 e. The first-order valence-electron chi connectivity index (χ1n) is 9.09. The van der Waals surface area contributed by atoms with E-state index in [9.17, 15) is 4.79 Å². The monoisotopic (exact) mass is 345 g/mol. The fourth-order valence-corrected chi connectivity index (χ4v) is 4.42. The van der Waals surface area contributed by atoms with Crippen molar-refractivity contribution in [3.63, 3.8) is 0 Å². The molecule has 2 heterocycles. The molecule has 2 aliphatic rings. The average Bonchev–Trinajstić information content (AvgIpc) is 3.17. The highest BCUT2D eigenvalue weighted by molar-refractivity contribution is 6.10. The SMILES string of the molecule is O=C1c2ccccc2-n2nnnc2C2(CCCCC2)N1c1ccccc1. The van der Waals surface area contributed by atoms with E-state index in [2.05, 4.69) is 15.5 Å². The molecule has 1 spiro atoms. The van der Waals surface area contributed by atoms with Crippen LogP contribution < -0.4 is 4.90 Å². The number of carbonyl (C=O) groups is 1. The maximum atomic E-state index is 13.7. The zero-order valence-corrected chi connectivity index (χ0v) is 14.4. The summed E-state index contributed by atoms with van der Waals surface area (Å²) < 4.78 is 1.77. The molecule has 0 atom stereocenters. The van der Waals surface area contributed by atoms with Crippen LogP contribution in [-0.2, 0) is 5.54 Å². The first-order valence-corrected chi connectivity index (χ1v) is 9.09. The number of fused-ring (bicyclic) bond motifs is 4. The molecule has 6 heteroatoms. The van der Waals surface area contributed by atoms with Gasteiger partial charge < -0.3 is 0 Å². The summed E-state index contributed by atoms with van der Waals surface area (Å²) in [6.45, 7) is 0. The van der Waals surface area contributed by atoms with Crippen molar-refractivity contribution < 1.29 is 4.79 Å². The summed E-state index contributed by atoms with van der Waals surface area (Å²) in [5, 5.41) is 12.6. The second kappa shape index (κ2) is 5.76. The molecule has 5 rings (SSSR count). The average molecular weight is 345 g/mol. The first-order chi connectivity index (χ1) is 12.8. The molecule has 3 aromatic rings. The predicted molar refractivity (Wildman–Crippen MR) is 97.2 cm³/mol. The van der Waals surface area contributed by atoms with Crippen molar-refractivity contribution in [1.82, 2.24) is 20.2 Å². The standard InChI is InChI=1S/C20H19N5O/c26-18-16-11-5-6-12-17(16)25-19(21-22-23-25)20(13-7-2-8-14-20)24(18)15-9-3-1-4-10-15/h1,3-6,9-12H,2,7-8,13-14H2. The lowest BCUT2D eigenvalue weighted by Crippen LogP contribution is -2.51. The summed E-state index contributed by atoms with van der Waals surface area (Å²) in [5.74, 6) is 0.764. The Morgan fingerprint density at radius 3 is 2.42 bits per heavy atom. The number of amides is 1. The Kier molecular flexibility index (Phi) is 3.38. The fourth-order valence-electron chi connectivity index (χ4n) is 4.42. The molecule has 130 valence electrons. The second-order valence-corrected chi connectivity index (χ2v) is 7.00. The minimum absolute atomic E-state index is 0.000926. The Morgan fingerprint density at radius 1 is 0.885 bits per heavy atom. The third kappa shape index (κ3) is 2.05. The van der Waals surface area contributed by atoms with Gasteiger partial charge in [-0.05, 0) is 47.5 Å². The molecular weight excluding hydrogens is 326 g/mol. The minimum Gasteiger partial charge on any atom is -0.295 e. The van der Waals surface area contributed by atoms with Crippen LogP contribution >= 0.6 is 0 Å². The van der Waals surface area contributed by atoms with Gasteiger partial charge in [0, 0.05) is 5.69 Å². The molecule has 1 amide bonds. The largest absolute Gasteiger partial charge is 0.295 e. The number of hydrogen-bond acceptors (Lipinski definition) is 4. The van der Waals surface area contributed by atoms with Crippen molar-refractivity contribution in [3.05, 3.63) is 66.0 Å². The van der Waals surface area contributed by atoms with Crippen molar-refractivity contribution in [3.8, 4) is 5.69 Å². The van der Waals surface area contributed by atoms with Gasteiger partial charge >= 0.3 is 0 Å². The zero-order valence-electron chi connectivity index (χ0n) is 14.4. The van der Waals surface area contributed by atoms with E-state index < -0.39 is 5.54 Å². The van der Waals surface area contributed by atoms with Crippen LogP contribution in [0.3, 0.4) is 0 Å². The number of hydrogen-bond donors (Lipinski definition) is 0. The van der Waals surface area contributed by atoms with E-state index >= 15 is 0 Å². The number of rotatable bonds is 1. The van der Waals surface area contributed by atoms with Crippen LogP contribution in [0.1, 0.15) is 48.3 Å². The molecular formula is C20H19N5O. The number of tetrazole rings is 1. The molecule has 0 saturated heterocycles. The molecule has 0 unspecified atom stereocenters. The van der Waals surface area contributed by atoms with Crippen LogP contribution in [0, 0.1) is 0 Å². The number of para-hydroxylation sites is 2. The fraction of sp³-hybridized carbons (Fsp3) is 0.300. The van der Waals surface area contributed by atoms with Crippen LogP contribution in [0.15, 0.2) is 54.6 Å². The van der Waals surface area contributed by atoms with E-state index in [1.807, 2.05) is 59.5 Å². The number of benzene rings is 2. The van der Waals surface area contributed by atoms with Crippen LogP contribution in [0.4, 0.5) is 5.69 Å². The number of aromatic nitrogens is 4.